The van der Waals surface area contributed by atoms with E-state index in [-0.39, 0.29) is 5.75 Å². The topological polar surface area (TPSA) is 76.4 Å². The SMILES string of the molecule is FC(F)(F)Oc1ccc(-n2cnc(-c3ccc(C=NNC(=S)NCc4ccccc4)cc3)n2)cc1. The second kappa shape index (κ2) is 10.8. The van der Waals surface area contributed by atoms with Crippen LogP contribution in [0.2, 0.25) is 0 Å². The molecule has 0 saturated carbocycles. The van der Waals surface area contributed by atoms with Gasteiger partial charge in [-0.05, 0) is 47.6 Å². The van der Waals surface area contributed by atoms with Crippen LogP contribution in [0.5, 0.6) is 5.75 Å². The molecule has 7 nitrogen and oxygen atoms in total. The molecule has 0 atom stereocenters. The van der Waals surface area contributed by atoms with Gasteiger partial charge in [-0.3, -0.25) is 5.43 Å². The molecule has 1 heterocycles. The Morgan fingerprint density at radius 1 is 1.00 bits per heavy atom. The van der Waals surface area contributed by atoms with Gasteiger partial charge in [-0.25, -0.2) is 9.67 Å². The molecule has 0 unspecified atom stereocenters. The lowest BCUT2D eigenvalue weighted by molar-refractivity contribution is -0.274. The zero-order valence-corrected chi connectivity index (χ0v) is 18.9. The molecule has 0 fully saturated rings. The van der Waals surface area contributed by atoms with E-state index in [0.29, 0.717) is 23.2 Å². The average molecular weight is 497 g/mol. The summed E-state index contributed by atoms with van der Waals surface area (Å²) >= 11 is 5.21. The number of alkyl halides is 3. The summed E-state index contributed by atoms with van der Waals surface area (Å²) < 4.78 is 42.3. The lowest BCUT2D eigenvalue weighted by Crippen LogP contribution is -2.31. The van der Waals surface area contributed by atoms with Crippen molar-refractivity contribution in [3.63, 3.8) is 0 Å². The predicted molar refractivity (Wildman–Crippen MR) is 130 cm³/mol. The largest absolute Gasteiger partial charge is 0.573 e. The van der Waals surface area contributed by atoms with E-state index in [1.807, 2.05) is 54.6 Å². The highest BCUT2D eigenvalue weighted by Gasteiger charge is 2.31. The minimum absolute atomic E-state index is 0.305. The first-order valence-corrected chi connectivity index (χ1v) is 10.8. The molecule has 4 rings (SSSR count). The van der Waals surface area contributed by atoms with Crippen LogP contribution in [-0.2, 0) is 6.54 Å². The molecule has 0 aliphatic carbocycles. The molecular formula is C24H19F3N6OS. The molecular weight excluding hydrogens is 477 g/mol. The van der Waals surface area contributed by atoms with Crippen molar-refractivity contribution in [1.29, 1.82) is 0 Å². The van der Waals surface area contributed by atoms with Gasteiger partial charge in [0.1, 0.15) is 12.1 Å². The first-order valence-electron chi connectivity index (χ1n) is 10.3. The summed E-state index contributed by atoms with van der Waals surface area (Å²) in [6.07, 6.45) is -1.62. The van der Waals surface area contributed by atoms with Crippen molar-refractivity contribution in [2.45, 2.75) is 12.9 Å². The van der Waals surface area contributed by atoms with Crippen molar-refractivity contribution in [2.24, 2.45) is 5.10 Å². The zero-order valence-electron chi connectivity index (χ0n) is 18.1. The van der Waals surface area contributed by atoms with Gasteiger partial charge >= 0.3 is 6.36 Å². The molecule has 3 aromatic carbocycles. The van der Waals surface area contributed by atoms with Crippen LogP contribution in [0.15, 0.2) is 90.3 Å². The van der Waals surface area contributed by atoms with Crippen LogP contribution in [0.3, 0.4) is 0 Å². The highest BCUT2D eigenvalue weighted by molar-refractivity contribution is 7.80. The number of halogens is 3. The highest BCUT2D eigenvalue weighted by Crippen LogP contribution is 2.24. The Labute approximate surface area is 204 Å². The van der Waals surface area contributed by atoms with E-state index in [2.05, 4.69) is 30.7 Å². The Morgan fingerprint density at radius 2 is 1.71 bits per heavy atom. The van der Waals surface area contributed by atoms with Crippen LogP contribution >= 0.6 is 12.2 Å². The van der Waals surface area contributed by atoms with E-state index in [9.17, 15) is 13.2 Å². The third kappa shape index (κ3) is 7.11. The summed E-state index contributed by atoms with van der Waals surface area (Å²) in [6.45, 7) is 0.599. The molecule has 0 aliphatic heterocycles. The molecule has 178 valence electrons. The van der Waals surface area contributed by atoms with E-state index in [1.165, 1.54) is 35.3 Å². The number of hydrazone groups is 1. The highest BCUT2D eigenvalue weighted by atomic mass is 32.1. The van der Waals surface area contributed by atoms with E-state index >= 15 is 0 Å². The Morgan fingerprint density at radius 3 is 2.40 bits per heavy atom. The van der Waals surface area contributed by atoms with E-state index in [0.717, 1.165) is 16.7 Å². The lowest BCUT2D eigenvalue weighted by atomic mass is 10.1. The molecule has 0 radical (unpaired) electrons. The normalized spacial score (nSPS) is 11.4. The van der Waals surface area contributed by atoms with Gasteiger partial charge in [0, 0.05) is 12.1 Å². The summed E-state index contributed by atoms with van der Waals surface area (Å²) in [4.78, 5) is 4.27. The third-order valence-corrected chi connectivity index (χ3v) is 4.91. The summed E-state index contributed by atoms with van der Waals surface area (Å²) in [5.41, 5.74) is 6.04. The van der Waals surface area contributed by atoms with Gasteiger partial charge in [-0.15, -0.1) is 18.3 Å². The standard InChI is InChI=1S/C24H19F3N6OS/c25-24(26,27)34-21-12-10-20(11-13-21)33-16-29-22(32-33)19-8-6-18(7-9-19)15-30-31-23(35)28-14-17-4-2-1-3-5-17/h1-13,15-16H,14H2,(H2,28,31,35). The number of rotatable bonds is 7. The Kier molecular flexibility index (Phi) is 7.36. The summed E-state index contributed by atoms with van der Waals surface area (Å²) in [5, 5.41) is 12.0. The maximum atomic E-state index is 12.3. The maximum Gasteiger partial charge on any atom is 0.573 e. The number of nitrogens with zero attached hydrogens (tertiary/aromatic N) is 4. The van der Waals surface area contributed by atoms with Crippen molar-refractivity contribution in [3.05, 3.63) is 96.3 Å². The van der Waals surface area contributed by atoms with Gasteiger partial charge in [0.15, 0.2) is 10.9 Å². The number of nitrogens with one attached hydrogen (secondary N) is 2. The molecule has 35 heavy (non-hydrogen) atoms. The number of benzene rings is 3. The summed E-state index contributed by atoms with van der Waals surface area (Å²) in [7, 11) is 0. The maximum absolute atomic E-state index is 12.3. The second-order valence-electron chi connectivity index (χ2n) is 7.21. The fourth-order valence-corrected chi connectivity index (χ4v) is 3.15. The molecule has 0 saturated heterocycles. The first kappa shape index (κ1) is 23.9. The Hall–Kier alpha value is -4.25. The van der Waals surface area contributed by atoms with Gasteiger partial charge in [0.25, 0.3) is 0 Å². The molecule has 1 aromatic heterocycles. The second-order valence-corrected chi connectivity index (χ2v) is 7.62. The van der Waals surface area contributed by atoms with Crippen molar-refractivity contribution in [1.82, 2.24) is 25.5 Å². The van der Waals surface area contributed by atoms with Crippen molar-refractivity contribution >= 4 is 23.5 Å². The van der Waals surface area contributed by atoms with E-state index < -0.39 is 6.36 Å². The van der Waals surface area contributed by atoms with Gasteiger partial charge < -0.3 is 10.1 Å². The quantitative estimate of drug-likeness (QED) is 0.217. The van der Waals surface area contributed by atoms with Gasteiger partial charge in [-0.1, -0.05) is 54.6 Å². The molecule has 0 amide bonds. The fourth-order valence-electron chi connectivity index (χ4n) is 3.02. The molecule has 0 spiro atoms. The van der Waals surface area contributed by atoms with Crippen molar-refractivity contribution < 1.29 is 17.9 Å². The predicted octanol–water partition coefficient (Wildman–Crippen LogP) is 4.83. The van der Waals surface area contributed by atoms with Crippen LogP contribution in [0, 0.1) is 0 Å². The van der Waals surface area contributed by atoms with Crippen LogP contribution in [-0.4, -0.2) is 32.5 Å². The number of thiocarbonyl (C=S) groups is 1. The van der Waals surface area contributed by atoms with Crippen LogP contribution in [0.1, 0.15) is 11.1 Å². The number of aromatic nitrogens is 3. The fraction of sp³-hybridized carbons (Fsp3) is 0.0833. The zero-order chi connectivity index (χ0) is 24.7. The van der Waals surface area contributed by atoms with Gasteiger partial charge in [-0.2, -0.15) is 5.10 Å². The van der Waals surface area contributed by atoms with Crippen molar-refractivity contribution in [2.75, 3.05) is 0 Å². The molecule has 4 aromatic rings. The molecule has 11 heteroatoms. The Bertz CT molecular complexity index is 1290. The number of ether oxygens (including phenoxy) is 1. The molecule has 0 aliphatic rings. The monoisotopic (exact) mass is 496 g/mol. The first-order chi connectivity index (χ1) is 16.9. The minimum atomic E-state index is -4.74. The summed E-state index contributed by atoms with van der Waals surface area (Å²) in [5.74, 6) is 0.162. The lowest BCUT2D eigenvalue weighted by Gasteiger charge is -2.09. The van der Waals surface area contributed by atoms with Crippen LogP contribution in [0.4, 0.5) is 13.2 Å². The van der Waals surface area contributed by atoms with Crippen molar-refractivity contribution in [3.8, 4) is 22.8 Å². The molecule has 2 N–H and O–H groups in total. The third-order valence-electron chi connectivity index (χ3n) is 4.67. The number of hydrogen-bond acceptors (Lipinski definition) is 5. The van der Waals surface area contributed by atoms with E-state index in [4.69, 9.17) is 12.2 Å². The van der Waals surface area contributed by atoms with E-state index in [1.54, 1.807) is 6.21 Å². The van der Waals surface area contributed by atoms with Crippen LogP contribution < -0.4 is 15.5 Å². The average Bonchev–Trinajstić information content (AvgIpc) is 3.34. The smallest absolute Gasteiger partial charge is 0.406 e. The van der Waals surface area contributed by atoms with Gasteiger partial charge in [0.2, 0.25) is 0 Å². The molecule has 0 bridgehead atoms. The summed E-state index contributed by atoms with van der Waals surface area (Å²) in [6, 6.07) is 22.6. The number of hydrogen-bond donors (Lipinski definition) is 2. The van der Waals surface area contributed by atoms with Crippen LogP contribution in [0.25, 0.3) is 17.1 Å². The Balaban J connectivity index is 1.31. The minimum Gasteiger partial charge on any atom is -0.406 e. The van der Waals surface area contributed by atoms with Gasteiger partial charge in [0.05, 0.1) is 11.9 Å².